The lowest BCUT2D eigenvalue weighted by molar-refractivity contribution is 0.126. The van der Waals surface area contributed by atoms with E-state index in [2.05, 4.69) is 38.1 Å². The van der Waals surface area contributed by atoms with Crippen LogP contribution in [0.15, 0.2) is 78.9 Å². The van der Waals surface area contributed by atoms with Crippen molar-refractivity contribution in [1.82, 2.24) is 0 Å². The Labute approximate surface area is 179 Å². The normalized spacial score (nSPS) is 14.1. The topological polar surface area (TPSA) is 33.1 Å². The van der Waals surface area contributed by atoms with Crippen molar-refractivity contribution in [3.63, 3.8) is 0 Å². The molecule has 3 rings (SSSR count). The third kappa shape index (κ3) is 4.38. The van der Waals surface area contributed by atoms with Gasteiger partial charge in [-0.25, -0.2) is 0 Å². The quantitative estimate of drug-likeness (QED) is 0.248. The summed E-state index contributed by atoms with van der Waals surface area (Å²) in [5.74, 6) is 0.298. The standard InChI is InChI=1S/C26H28ClNO/c1-4-10-20(3)25(28)29-26(21-11-6-5-7-12-21,22-17-15-19(2)16-18-22)23-13-8-9-14-24(23)27/h5-9,11-18,20,28H,4,10H2,1-3H3. The molecule has 3 aromatic carbocycles. The number of ether oxygens (including phenoxy) is 1. The Bertz CT molecular complexity index is 952. The minimum absolute atomic E-state index is 0.0241. The number of aryl methyl sites for hydroxylation is 1. The fourth-order valence-electron chi connectivity index (χ4n) is 3.69. The van der Waals surface area contributed by atoms with Crippen LogP contribution >= 0.6 is 11.6 Å². The molecule has 0 aliphatic carbocycles. The third-order valence-corrected chi connectivity index (χ3v) is 5.65. The molecule has 0 aromatic heterocycles. The Balaban J connectivity index is 2.28. The molecule has 0 amide bonds. The highest BCUT2D eigenvalue weighted by Crippen LogP contribution is 2.44. The summed E-state index contributed by atoms with van der Waals surface area (Å²) in [6.07, 6.45) is 1.90. The lowest BCUT2D eigenvalue weighted by Crippen LogP contribution is -2.37. The summed E-state index contributed by atoms with van der Waals surface area (Å²) in [5.41, 5.74) is 2.92. The van der Waals surface area contributed by atoms with Crippen LogP contribution in [-0.4, -0.2) is 5.90 Å². The van der Waals surface area contributed by atoms with E-state index in [1.807, 2.05) is 61.5 Å². The Hall–Kier alpha value is -2.58. The van der Waals surface area contributed by atoms with Crippen LogP contribution in [0.5, 0.6) is 0 Å². The molecule has 2 atom stereocenters. The van der Waals surface area contributed by atoms with Gasteiger partial charge < -0.3 is 4.74 Å². The summed E-state index contributed by atoms with van der Waals surface area (Å²) in [6, 6.07) is 26.1. The second kappa shape index (κ2) is 9.28. The van der Waals surface area contributed by atoms with Crippen LogP contribution in [0.3, 0.4) is 0 Å². The number of hydrogen-bond donors (Lipinski definition) is 1. The zero-order valence-corrected chi connectivity index (χ0v) is 18.0. The molecule has 150 valence electrons. The molecule has 29 heavy (non-hydrogen) atoms. The first kappa shape index (κ1) is 21.1. The highest BCUT2D eigenvalue weighted by atomic mass is 35.5. The van der Waals surface area contributed by atoms with Gasteiger partial charge >= 0.3 is 0 Å². The Morgan fingerprint density at radius 3 is 2.14 bits per heavy atom. The van der Waals surface area contributed by atoms with Crippen molar-refractivity contribution in [2.24, 2.45) is 5.92 Å². The number of rotatable bonds is 7. The first-order chi connectivity index (χ1) is 14.0. The van der Waals surface area contributed by atoms with Crippen LogP contribution in [-0.2, 0) is 10.3 Å². The molecule has 0 saturated carbocycles. The second-order valence-corrected chi connectivity index (χ2v) is 7.96. The van der Waals surface area contributed by atoms with E-state index in [9.17, 15) is 0 Å². The lowest BCUT2D eigenvalue weighted by atomic mass is 9.79. The molecule has 1 N–H and O–H groups in total. The maximum atomic E-state index is 8.75. The number of halogens is 1. The van der Waals surface area contributed by atoms with E-state index in [1.165, 1.54) is 5.56 Å². The zero-order valence-electron chi connectivity index (χ0n) is 17.3. The van der Waals surface area contributed by atoms with Crippen molar-refractivity contribution >= 4 is 17.5 Å². The zero-order chi connectivity index (χ0) is 20.9. The molecule has 0 saturated heterocycles. The predicted octanol–water partition coefficient (Wildman–Crippen LogP) is 7.37. The molecule has 0 aliphatic heterocycles. The van der Waals surface area contributed by atoms with Gasteiger partial charge in [0.25, 0.3) is 0 Å². The molecule has 0 spiro atoms. The summed E-state index contributed by atoms with van der Waals surface area (Å²) >= 11 is 6.71. The van der Waals surface area contributed by atoms with Gasteiger partial charge in [-0.1, -0.05) is 110 Å². The SMILES string of the molecule is CCCC(C)C(=N)OC(c1ccccc1)(c1ccc(C)cc1)c1ccccc1Cl. The smallest absolute Gasteiger partial charge is 0.187 e. The van der Waals surface area contributed by atoms with E-state index >= 15 is 0 Å². The molecule has 3 heteroatoms. The van der Waals surface area contributed by atoms with Gasteiger partial charge in [0.2, 0.25) is 0 Å². The molecule has 2 unspecified atom stereocenters. The third-order valence-electron chi connectivity index (χ3n) is 5.32. The summed E-state index contributed by atoms with van der Waals surface area (Å²) in [4.78, 5) is 0. The molecule has 0 aliphatic rings. The van der Waals surface area contributed by atoms with Gasteiger partial charge in [0.1, 0.15) is 0 Å². The monoisotopic (exact) mass is 405 g/mol. The predicted molar refractivity (Wildman–Crippen MR) is 122 cm³/mol. The van der Waals surface area contributed by atoms with Gasteiger partial charge in [-0.05, 0) is 19.4 Å². The second-order valence-electron chi connectivity index (χ2n) is 7.55. The maximum Gasteiger partial charge on any atom is 0.187 e. The van der Waals surface area contributed by atoms with E-state index < -0.39 is 5.60 Å². The Morgan fingerprint density at radius 1 is 0.931 bits per heavy atom. The van der Waals surface area contributed by atoms with Gasteiger partial charge in [0.15, 0.2) is 11.5 Å². The Kier molecular flexibility index (Phi) is 6.76. The van der Waals surface area contributed by atoms with Gasteiger partial charge in [0, 0.05) is 27.6 Å². The van der Waals surface area contributed by atoms with Gasteiger partial charge in [-0.15, -0.1) is 0 Å². The Morgan fingerprint density at radius 2 is 1.52 bits per heavy atom. The van der Waals surface area contributed by atoms with Crippen LogP contribution in [0.25, 0.3) is 0 Å². The number of nitrogens with one attached hydrogen (secondary N) is 1. The summed E-state index contributed by atoms with van der Waals surface area (Å²) < 4.78 is 6.63. The van der Waals surface area contributed by atoms with Crippen LogP contribution in [0.2, 0.25) is 5.02 Å². The first-order valence-corrected chi connectivity index (χ1v) is 10.5. The van der Waals surface area contributed by atoms with Gasteiger partial charge in [-0.2, -0.15) is 0 Å². The molecule has 0 heterocycles. The van der Waals surface area contributed by atoms with E-state index in [0.29, 0.717) is 5.02 Å². The summed E-state index contributed by atoms with van der Waals surface area (Å²) in [5, 5.41) is 9.37. The summed E-state index contributed by atoms with van der Waals surface area (Å²) in [7, 11) is 0. The maximum absolute atomic E-state index is 8.75. The van der Waals surface area contributed by atoms with Crippen molar-refractivity contribution in [3.05, 3.63) is 106 Å². The largest absolute Gasteiger partial charge is 0.460 e. The van der Waals surface area contributed by atoms with Crippen LogP contribution in [0.1, 0.15) is 48.9 Å². The summed E-state index contributed by atoms with van der Waals surface area (Å²) in [6.45, 7) is 6.24. The molecule has 0 radical (unpaired) electrons. The van der Waals surface area contributed by atoms with E-state index in [1.54, 1.807) is 0 Å². The molecule has 0 fully saturated rings. The van der Waals surface area contributed by atoms with Crippen molar-refractivity contribution in [1.29, 1.82) is 5.41 Å². The van der Waals surface area contributed by atoms with Crippen molar-refractivity contribution in [2.75, 3.05) is 0 Å². The van der Waals surface area contributed by atoms with E-state index in [-0.39, 0.29) is 11.8 Å². The number of benzene rings is 3. The van der Waals surface area contributed by atoms with Crippen LogP contribution in [0, 0.1) is 18.3 Å². The van der Waals surface area contributed by atoms with Gasteiger partial charge in [0.05, 0.1) is 0 Å². The lowest BCUT2D eigenvalue weighted by Gasteiger charge is -2.37. The average Bonchev–Trinajstić information content (AvgIpc) is 2.74. The van der Waals surface area contributed by atoms with E-state index in [0.717, 1.165) is 29.5 Å². The van der Waals surface area contributed by atoms with E-state index in [4.69, 9.17) is 21.7 Å². The fraction of sp³-hybridized carbons (Fsp3) is 0.269. The molecular formula is C26H28ClNO. The minimum atomic E-state index is -0.994. The van der Waals surface area contributed by atoms with Gasteiger partial charge in [-0.3, -0.25) is 5.41 Å². The van der Waals surface area contributed by atoms with Crippen LogP contribution in [0.4, 0.5) is 0 Å². The highest BCUT2D eigenvalue weighted by Gasteiger charge is 2.41. The average molecular weight is 406 g/mol. The molecule has 3 aromatic rings. The van der Waals surface area contributed by atoms with Crippen LogP contribution < -0.4 is 0 Å². The fourth-order valence-corrected chi connectivity index (χ4v) is 3.96. The first-order valence-electron chi connectivity index (χ1n) is 10.1. The highest BCUT2D eigenvalue weighted by molar-refractivity contribution is 6.31. The van der Waals surface area contributed by atoms with Crippen molar-refractivity contribution < 1.29 is 4.74 Å². The molecule has 2 nitrogen and oxygen atoms in total. The number of hydrogen-bond acceptors (Lipinski definition) is 2. The van der Waals surface area contributed by atoms with Crippen molar-refractivity contribution in [2.45, 2.75) is 39.2 Å². The molecular weight excluding hydrogens is 378 g/mol. The minimum Gasteiger partial charge on any atom is -0.460 e. The van der Waals surface area contributed by atoms with Crippen molar-refractivity contribution in [3.8, 4) is 0 Å². The molecule has 0 bridgehead atoms.